The summed E-state index contributed by atoms with van der Waals surface area (Å²) in [5.74, 6) is 0. The monoisotopic (exact) mass is 204 g/mol. The van der Waals surface area contributed by atoms with Gasteiger partial charge >= 0.3 is 0 Å². The Balaban J connectivity index is 2.02. The van der Waals surface area contributed by atoms with Crippen molar-refractivity contribution in [2.75, 3.05) is 19.6 Å². The van der Waals surface area contributed by atoms with Crippen LogP contribution in [0.4, 0.5) is 0 Å². The molecule has 1 saturated heterocycles. The zero-order chi connectivity index (χ0) is 10.7. The highest BCUT2D eigenvalue weighted by Gasteiger charge is 2.12. The molecule has 2 rings (SSSR count). The lowest BCUT2D eigenvalue weighted by Gasteiger charge is -2.24. The van der Waals surface area contributed by atoms with E-state index in [1.807, 2.05) is 0 Å². The first-order valence-electron chi connectivity index (χ1n) is 5.75. The average molecular weight is 204 g/mol. The maximum atomic E-state index is 3.54. The third kappa shape index (κ3) is 3.05. The summed E-state index contributed by atoms with van der Waals surface area (Å²) >= 11 is 0. The molecule has 0 radical (unpaired) electrons. The fraction of sp³-hybridized carbons (Fsp3) is 0.538. The lowest BCUT2D eigenvalue weighted by atomic mass is 10.0. The van der Waals surface area contributed by atoms with Crippen LogP contribution in [0.5, 0.6) is 0 Å². The second kappa shape index (κ2) is 4.77. The van der Waals surface area contributed by atoms with E-state index in [0.29, 0.717) is 6.04 Å². The largest absolute Gasteiger partial charge is 0.314 e. The van der Waals surface area contributed by atoms with Gasteiger partial charge in [-0.2, -0.15) is 0 Å². The minimum Gasteiger partial charge on any atom is -0.314 e. The van der Waals surface area contributed by atoms with Crippen molar-refractivity contribution < 1.29 is 0 Å². The molecule has 0 aromatic heterocycles. The SMILES string of the molecule is Cc1cc(C)cc(CC2CNCCN2)c1. The molecule has 1 aromatic carbocycles. The molecule has 1 heterocycles. The van der Waals surface area contributed by atoms with E-state index in [9.17, 15) is 0 Å². The Kier molecular flexibility index (Phi) is 3.39. The quantitative estimate of drug-likeness (QED) is 0.761. The molecule has 1 fully saturated rings. The van der Waals surface area contributed by atoms with Crippen molar-refractivity contribution in [1.82, 2.24) is 10.6 Å². The fourth-order valence-electron chi connectivity index (χ4n) is 2.33. The third-order valence-corrected chi connectivity index (χ3v) is 2.89. The van der Waals surface area contributed by atoms with Crippen LogP contribution in [-0.2, 0) is 6.42 Å². The Labute approximate surface area is 92.1 Å². The van der Waals surface area contributed by atoms with Gasteiger partial charge < -0.3 is 10.6 Å². The third-order valence-electron chi connectivity index (χ3n) is 2.89. The van der Waals surface area contributed by atoms with E-state index in [-0.39, 0.29) is 0 Å². The van der Waals surface area contributed by atoms with Gasteiger partial charge in [0, 0.05) is 25.7 Å². The minimum atomic E-state index is 0.597. The van der Waals surface area contributed by atoms with E-state index in [1.54, 1.807) is 0 Å². The van der Waals surface area contributed by atoms with Crippen molar-refractivity contribution in [2.24, 2.45) is 0 Å². The molecule has 1 atom stereocenters. The second-order valence-corrected chi connectivity index (χ2v) is 4.56. The summed E-state index contributed by atoms with van der Waals surface area (Å²) in [4.78, 5) is 0. The molecule has 0 spiro atoms. The maximum Gasteiger partial charge on any atom is 0.0233 e. The Bertz CT molecular complexity index is 307. The van der Waals surface area contributed by atoms with E-state index in [1.165, 1.54) is 16.7 Å². The predicted molar refractivity (Wildman–Crippen MR) is 64.3 cm³/mol. The molecule has 1 aliphatic heterocycles. The molecule has 0 bridgehead atoms. The van der Waals surface area contributed by atoms with Gasteiger partial charge in [0.1, 0.15) is 0 Å². The van der Waals surface area contributed by atoms with E-state index in [0.717, 1.165) is 26.1 Å². The standard InChI is InChI=1S/C13H20N2/c1-10-5-11(2)7-12(6-10)8-13-9-14-3-4-15-13/h5-7,13-15H,3-4,8-9H2,1-2H3. The molecule has 1 unspecified atom stereocenters. The van der Waals surface area contributed by atoms with Gasteiger partial charge in [-0.05, 0) is 25.8 Å². The average Bonchev–Trinajstić information content (AvgIpc) is 2.17. The molecule has 2 nitrogen and oxygen atoms in total. The zero-order valence-electron chi connectivity index (χ0n) is 9.64. The Morgan fingerprint density at radius 2 is 1.87 bits per heavy atom. The summed E-state index contributed by atoms with van der Waals surface area (Å²) in [7, 11) is 0. The van der Waals surface area contributed by atoms with Crippen LogP contribution in [-0.4, -0.2) is 25.7 Å². The Morgan fingerprint density at radius 1 is 1.13 bits per heavy atom. The molecule has 0 amide bonds. The molecular formula is C13H20N2. The molecule has 0 aliphatic carbocycles. The first-order chi connectivity index (χ1) is 7.24. The van der Waals surface area contributed by atoms with E-state index >= 15 is 0 Å². The molecule has 2 heteroatoms. The van der Waals surface area contributed by atoms with Crippen molar-refractivity contribution in [3.8, 4) is 0 Å². The zero-order valence-corrected chi connectivity index (χ0v) is 9.64. The lowest BCUT2D eigenvalue weighted by Crippen LogP contribution is -2.49. The van der Waals surface area contributed by atoms with Crippen molar-refractivity contribution in [3.63, 3.8) is 0 Å². The molecule has 1 aliphatic rings. The molecule has 1 aromatic rings. The van der Waals surface area contributed by atoms with Crippen LogP contribution in [0.2, 0.25) is 0 Å². The number of benzene rings is 1. The molecule has 2 N–H and O–H groups in total. The summed E-state index contributed by atoms with van der Waals surface area (Å²) in [6, 6.07) is 7.42. The first-order valence-corrected chi connectivity index (χ1v) is 5.75. The fourth-order valence-corrected chi connectivity index (χ4v) is 2.33. The van der Waals surface area contributed by atoms with Gasteiger partial charge in [-0.3, -0.25) is 0 Å². The van der Waals surface area contributed by atoms with Crippen LogP contribution in [0.3, 0.4) is 0 Å². The molecule has 0 saturated carbocycles. The Morgan fingerprint density at radius 3 is 2.47 bits per heavy atom. The maximum absolute atomic E-state index is 3.54. The first kappa shape index (κ1) is 10.7. The van der Waals surface area contributed by atoms with Gasteiger partial charge in [-0.1, -0.05) is 29.3 Å². The van der Waals surface area contributed by atoms with Gasteiger partial charge in [0.15, 0.2) is 0 Å². The number of hydrogen-bond donors (Lipinski definition) is 2. The minimum absolute atomic E-state index is 0.597. The van der Waals surface area contributed by atoms with Crippen molar-refractivity contribution >= 4 is 0 Å². The summed E-state index contributed by atoms with van der Waals surface area (Å²) in [5, 5.41) is 6.97. The topological polar surface area (TPSA) is 24.1 Å². The molecule has 15 heavy (non-hydrogen) atoms. The van der Waals surface area contributed by atoms with Gasteiger partial charge in [0.2, 0.25) is 0 Å². The van der Waals surface area contributed by atoms with Crippen molar-refractivity contribution in [2.45, 2.75) is 26.3 Å². The van der Waals surface area contributed by atoms with E-state index < -0.39 is 0 Å². The van der Waals surface area contributed by atoms with Crippen molar-refractivity contribution in [3.05, 3.63) is 34.9 Å². The lowest BCUT2D eigenvalue weighted by molar-refractivity contribution is 0.416. The highest BCUT2D eigenvalue weighted by molar-refractivity contribution is 5.29. The predicted octanol–water partition coefficient (Wildman–Crippen LogP) is 1.41. The van der Waals surface area contributed by atoms with Crippen LogP contribution in [0.25, 0.3) is 0 Å². The number of aryl methyl sites for hydroxylation is 2. The van der Waals surface area contributed by atoms with Crippen molar-refractivity contribution in [1.29, 1.82) is 0 Å². The second-order valence-electron chi connectivity index (χ2n) is 4.56. The van der Waals surface area contributed by atoms with Gasteiger partial charge in [0.05, 0.1) is 0 Å². The molecule has 82 valence electrons. The van der Waals surface area contributed by atoms with Gasteiger partial charge in [-0.25, -0.2) is 0 Å². The summed E-state index contributed by atoms with van der Waals surface area (Å²) < 4.78 is 0. The van der Waals surface area contributed by atoms with Crippen LogP contribution in [0.1, 0.15) is 16.7 Å². The van der Waals surface area contributed by atoms with E-state index in [4.69, 9.17) is 0 Å². The summed E-state index contributed by atoms with van der Waals surface area (Å²) in [5.41, 5.74) is 4.19. The highest BCUT2D eigenvalue weighted by atomic mass is 15.0. The summed E-state index contributed by atoms with van der Waals surface area (Å²) in [6.07, 6.45) is 1.13. The smallest absolute Gasteiger partial charge is 0.0233 e. The van der Waals surface area contributed by atoms with Gasteiger partial charge in [-0.15, -0.1) is 0 Å². The normalized spacial score (nSPS) is 21.6. The summed E-state index contributed by atoms with van der Waals surface area (Å²) in [6.45, 7) is 7.62. The van der Waals surface area contributed by atoms with Crippen LogP contribution < -0.4 is 10.6 Å². The number of hydrogen-bond acceptors (Lipinski definition) is 2. The van der Waals surface area contributed by atoms with E-state index in [2.05, 4.69) is 42.7 Å². The highest BCUT2D eigenvalue weighted by Crippen LogP contribution is 2.11. The number of piperazine rings is 1. The number of rotatable bonds is 2. The Hall–Kier alpha value is -0.860. The van der Waals surface area contributed by atoms with Crippen LogP contribution in [0.15, 0.2) is 18.2 Å². The number of nitrogens with one attached hydrogen (secondary N) is 2. The van der Waals surface area contributed by atoms with Crippen LogP contribution in [0, 0.1) is 13.8 Å². The molecular weight excluding hydrogens is 184 g/mol. The van der Waals surface area contributed by atoms with Gasteiger partial charge in [0.25, 0.3) is 0 Å². The van der Waals surface area contributed by atoms with Crippen LogP contribution >= 0.6 is 0 Å².